The smallest absolute Gasteiger partial charge is 0.123 e. The lowest BCUT2D eigenvalue weighted by Gasteiger charge is -2.14. The molecule has 0 saturated carbocycles. The normalized spacial score (nSPS) is 12.4. The number of phenolic OH excluding ortho intramolecular Hbond substituents is 1. The van der Waals surface area contributed by atoms with Crippen LogP contribution in [-0.4, -0.2) is 10.2 Å². The summed E-state index contributed by atoms with van der Waals surface area (Å²) >= 11 is 0. The highest BCUT2D eigenvalue weighted by molar-refractivity contribution is 5.42. The Morgan fingerprint density at radius 1 is 1.11 bits per heavy atom. The van der Waals surface area contributed by atoms with Crippen LogP contribution in [0.2, 0.25) is 0 Å². The van der Waals surface area contributed by atoms with E-state index in [2.05, 4.69) is 0 Å². The molecule has 0 bridgehead atoms. The zero-order valence-corrected chi connectivity index (χ0v) is 10.1. The molecule has 0 aliphatic rings. The van der Waals surface area contributed by atoms with E-state index >= 15 is 0 Å². The number of benzene rings is 2. The fourth-order valence-electron chi connectivity index (χ4n) is 1.87. The first-order chi connectivity index (χ1) is 8.61. The maximum Gasteiger partial charge on any atom is 0.123 e. The fraction of sp³-hybridized carbons (Fsp3) is 0.200. The van der Waals surface area contributed by atoms with E-state index in [9.17, 15) is 14.6 Å². The summed E-state index contributed by atoms with van der Waals surface area (Å²) in [6.45, 7) is 1.99. The van der Waals surface area contributed by atoms with E-state index in [1.165, 1.54) is 24.3 Å². The van der Waals surface area contributed by atoms with E-state index in [4.69, 9.17) is 0 Å². The minimum absolute atomic E-state index is 0.0613. The van der Waals surface area contributed by atoms with Crippen LogP contribution in [0.3, 0.4) is 0 Å². The molecule has 0 aliphatic heterocycles. The van der Waals surface area contributed by atoms with Gasteiger partial charge < -0.3 is 10.2 Å². The minimum atomic E-state index is -0.948. The minimum Gasteiger partial charge on any atom is -0.508 e. The quantitative estimate of drug-likeness (QED) is 0.873. The number of aromatic hydroxyl groups is 1. The van der Waals surface area contributed by atoms with Crippen LogP contribution in [0.4, 0.5) is 4.39 Å². The second kappa shape index (κ2) is 5.19. The van der Waals surface area contributed by atoms with Gasteiger partial charge in [-0.3, -0.25) is 0 Å². The van der Waals surface area contributed by atoms with E-state index in [1.54, 1.807) is 12.1 Å². The molecule has 1 atom stereocenters. The van der Waals surface area contributed by atoms with Crippen molar-refractivity contribution in [2.45, 2.75) is 19.4 Å². The van der Waals surface area contributed by atoms with Crippen LogP contribution in [0, 0.1) is 5.82 Å². The topological polar surface area (TPSA) is 40.5 Å². The van der Waals surface area contributed by atoms with Crippen LogP contribution in [0.1, 0.15) is 29.7 Å². The number of phenols is 1. The van der Waals surface area contributed by atoms with Gasteiger partial charge in [0.2, 0.25) is 0 Å². The zero-order valence-electron chi connectivity index (χ0n) is 10.1. The Labute approximate surface area is 105 Å². The molecule has 0 aromatic heterocycles. The third-order valence-corrected chi connectivity index (χ3v) is 2.98. The molecule has 0 heterocycles. The van der Waals surface area contributed by atoms with Crippen LogP contribution in [0.25, 0.3) is 0 Å². The van der Waals surface area contributed by atoms with Crippen LogP contribution in [0.15, 0.2) is 42.5 Å². The first kappa shape index (κ1) is 12.6. The molecule has 2 rings (SSSR count). The van der Waals surface area contributed by atoms with Crippen molar-refractivity contribution in [3.8, 4) is 5.75 Å². The van der Waals surface area contributed by atoms with Gasteiger partial charge in [-0.15, -0.1) is 0 Å². The Hall–Kier alpha value is -1.87. The molecule has 94 valence electrons. The van der Waals surface area contributed by atoms with E-state index in [0.717, 1.165) is 12.0 Å². The lowest BCUT2D eigenvalue weighted by atomic mass is 9.99. The number of hydrogen-bond donors (Lipinski definition) is 2. The monoisotopic (exact) mass is 246 g/mol. The SMILES string of the molecule is CCc1ccc([C@@H](O)c2ccc(F)cc2)c(O)c1. The molecular weight excluding hydrogens is 231 g/mol. The standard InChI is InChI=1S/C15H15FO2/c1-2-10-3-8-13(14(17)9-10)15(18)11-4-6-12(16)7-5-11/h3-9,15,17-18H,2H2,1H3/t15-/m0/s1. The molecule has 2 N–H and O–H groups in total. The number of rotatable bonds is 3. The Morgan fingerprint density at radius 3 is 2.33 bits per heavy atom. The summed E-state index contributed by atoms with van der Waals surface area (Å²) in [5.41, 5.74) is 1.98. The van der Waals surface area contributed by atoms with Crippen LogP contribution < -0.4 is 0 Å². The van der Waals surface area contributed by atoms with E-state index in [1.807, 2.05) is 13.0 Å². The molecule has 0 aliphatic carbocycles. The zero-order chi connectivity index (χ0) is 13.1. The summed E-state index contributed by atoms with van der Waals surface area (Å²) in [7, 11) is 0. The second-order valence-electron chi connectivity index (χ2n) is 4.20. The van der Waals surface area contributed by atoms with Gasteiger partial charge in [0.05, 0.1) is 0 Å². The van der Waals surface area contributed by atoms with E-state index in [-0.39, 0.29) is 11.6 Å². The molecule has 0 radical (unpaired) electrons. The van der Waals surface area contributed by atoms with Crippen LogP contribution in [-0.2, 0) is 6.42 Å². The number of aliphatic hydroxyl groups excluding tert-OH is 1. The van der Waals surface area contributed by atoms with Crippen molar-refractivity contribution >= 4 is 0 Å². The number of hydrogen-bond acceptors (Lipinski definition) is 2. The maximum absolute atomic E-state index is 12.8. The highest BCUT2D eigenvalue weighted by Gasteiger charge is 2.14. The van der Waals surface area contributed by atoms with Crippen molar-refractivity contribution in [3.05, 3.63) is 65.0 Å². The Kier molecular flexibility index (Phi) is 3.63. The summed E-state index contributed by atoms with van der Waals surface area (Å²) in [4.78, 5) is 0. The van der Waals surface area contributed by atoms with E-state index in [0.29, 0.717) is 11.1 Å². The van der Waals surface area contributed by atoms with Crippen molar-refractivity contribution in [2.75, 3.05) is 0 Å². The first-order valence-corrected chi connectivity index (χ1v) is 5.87. The summed E-state index contributed by atoms with van der Waals surface area (Å²) in [6, 6.07) is 10.8. The molecule has 18 heavy (non-hydrogen) atoms. The summed E-state index contributed by atoms with van der Waals surface area (Å²) in [6.07, 6.45) is -0.128. The van der Waals surface area contributed by atoms with E-state index < -0.39 is 6.10 Å². The first-order valence-electron chi connectivity index (χ1n) is 5.87. The molecule has 0 fully saturated rings. The van der Waals surface area contributed by atoms with Gasteiger partial charge >= 0.3 is 0 Å². The molecule has 0 amide bonds. The van der Waals surface area contributed by atoms with Gasteiger partial charge in [-0.1, -0.05) is 31.2 Å². The molecule has 2 aromatic rings. The molecule has 0 saturated heterocycles. The van der Waals surface area contributed by atoms with Crippen molar-refractivity contribution in [1.82, 2.24) is 0 Å². The van der Waals surface area contributed by atoms with Crippen LogP contribution in [0.5, 0.6) is 5.75 Å². The Bertz CT molecular complexity index is 535. The van der Waals surface area contributed by atoms with Gasteiger partial charge in [0.25, 0.3) is 0 Å². The predicted octanol–water partition coefficient (Wildman–Crippen LogP) is 3.18. The molecular formula is C15H15FO2. The highest BCUT2D eigenvalue weighted by Crippen LogP contribution is 2.30. The third kappa shape index (κ3) is 2.51. The van der Waals surface area contributed by atoms with Gasteiger partial charge in [0, 0.05) is 5.56 Å². The molecule has 2 aromatic carbocycles. The summed E-state index contributed by atoms with van der Waals surface area (Å²) in [5.74, 6) is -0.289. The van der Waals surface area contributed by atoms with Gasteiger partial charge in [0.15, 0.2) is 0 Å². The van der Waals surface area contributed by atoms with Gasteiger partial charge in [-0.25, -0.2) is 4.39 Å². The number of aliphatic hydroxyl groups is 1. The average Bonchev–Trinajstić information content (AvgIpc) is 2.38. The largest absolute Gasteiger partial charge is 0.508 e. The van der Waals surface area contributed by atoms with Crippen molar-refractivity contribution < 1.29 is 14.6 Å². The van der Waals surface area contributed by atoms with Crippen LogP contribution >= 0.6 is 0 Å². The molecule has 3 heteroatoms. The predicted molar refractivity (Wildman–Crippen MR) is 67.9 cm³/mol. The number of aryl methyl sites for hydroxylation is 1. The maximum atomic E-state index is 12.8. The lowest BCUT2D eigenvalue weighted by molar-refractivity contribution is 0.215. The average molecular weight is 246 g/mol. The van der Waals surface area contributed by atoms with Gasteiger partial charge in [0.1, 0.15) is 17.7 Å². The van der Waals surface area contributed by atoms with Crippen molar-refractivity contribution in [1.29, 1.82) is 0 Å². The lowest BCUT2D eigenvalue weighted by Crippen LogP contribution is -2.00. The molecule has 0 unspecified atom stereocenters. The third-order valence-electron chi connectivity index (χ3n) is 2.98. The Balaban J connectivity index is 2.33. The van der Waals surface area contributed by atoms with Gasteiger partial charge in [-0.2, -0.15) is 0 Å². The summed E-state index contributed by atoms with van der Waals surface area (Å²) < 4.78 is 12.8. The molecule has 0 spiro atoms. The second-order valence-corrected chi connectivity index (χ2v) is 4.20. The number of halogens is 1. The highest BCUT2D eigenvalue weighted by atomic mass is 19.1. The van der Waals surface area contributed by atoms with Gasteiger partial charge in [-0.05, 0) is 35.7 Å². The molecule has 2 nitrogen and oxygen atoms in total. The van der Waals surface area contributed by atoms with Crippen molar-refractivity contribution in [3.63, 3.8) is 0 Å². The fourth-order valence-corrected chi connectivity index (χ4v) is 1.87. The Morgan fingerprint density at radius 2 is 1.78 bits per heavy atom. The summed E-state index contributed by atoms with van der Waals surface area (Å²) in [5, 5.41) is 20.0. The van der Waals surface area contributed by atoms with Crippen molar-refractivity contribution in [2.24, 2.45) is 0 Å².